The summed E-state index contributed by atoms with van der Waals surface area (Å²) in [6, 6.07) is 4.35. The summed E-state index contributed by atoms with van der Waals surface area (Å²) >= 11 is 0. The van der Waals surface area contributed by atoms with Gasteiger partial charge in [0, 0.05) is 0 Å². The molecule has 0 fully saturated rings. The van der Waals surface area contributed by atoms with E-state index in [1.807, 2.05) is 0 Å². The summed E-state index contributed by atoms with van der Waals surface area (Å²) in [5.41, 5.74) is 4.59. The Morgan fingerprint density at radius 1 is 1.43 bits per heavy atom. The highest BCUT2D eigenvalue weighted by Gasteiger charge is 2.32. The van der Waals surface area contributed by atoms with Crippen molar-refractivity contribution in [3.05, 3.63) is 29.3 Å². The lowest BCUT2D eigenvalue weighted by Gasteiger charge is -2.24. The number of aromatic hydroxyl groups is 1. The van der Waals surface area contributed by atoms with Gasteiger partial charge in [0.05, 0.1) is 5.54 Å². The maximum absolute atomic E-state index is 12.5. The van der Waals surface area contributed by atoms with Gasteiger partial charge < -0.3 is 10.8 Å². The molecule has 0 radical (unpaired) electrons. The first-order chi connectivity index (χ1) is 6.35. The lowest BCUT2D eigenvalue weighted by molar-refractivity contribution is 0.0624. The molecule has 14 heavy (non-hydrogen) atoms. The lowest BCUT2D eigenvalue weighted by atomic mass is 9.93. The number of aryl methyl sites for hydroxylation is 1. The van der Waals surface area contributed by atoms with Crippen LogP contribution in [0.1, 0.15) is 18.1 Å². The third-order valence-electron chi connectivity index (χ3n) is 2.28. The van der Waals surface area contributed by atoms with Gasteiger partial charge in [0.25, 0.3) is 6.43 Å². The first kappa shape index (κ1) is 10.9. The Morgan fingerprint density at radius 3 is 2.43 bits per heavy atom. The minimum Gasteiger partial charge on any atom is -0.508 e. The molecule has 0 heterocycles. The first-order valence-corrected chi connectivity index (χ1v) is 4.23. The summed E-state index contributed by atoms with van der Waals surface area (Å²) < 4.78 is 25.0. The largest absolute Gasteiger partial charge is 0.508 e. The van der Waals surface area contributed by atoms with Gasteiger partial charge in [0.2, 0.25) is 0 Å². The number of phenolic OH excluding ortho intramolecular Hbond substituents is 1. The Balaban J connectivity index is 3.14. The molecule has 0 saturated heterocycles. The van der Waals surface area contributed by atoms with Crippen LogP contribution in [0.2, 0.25) is 0 Å². The van der Waals surface area contributed by atoms with Crippen LogP contribution in [0.3, 0.4) is 0 Å². The fourth-order valence-corrected chi connectivity index (χ4v) is 1.07. The number of hydrogen-bond acceptors (Lipinski definition) is 2. The van der Waals surface area contributed by atoms with Crippen LogP contribution in [-0.2, 0) is 5.54 Å². The number of phenols is 1. The van der Waals surface area contributed by atoms with E-state index in [9.17, 15) is 13.9 Å². The van der Waals surface area contributed by atoms with E-state index >= 15 is 0 Å². The van der Waals surface area contributed by atoms with Gasteiger partial charge in [-0.3, -0.25) is 0 Å². The van der Waals surface area contributed by atoms with Crippen molar-refractivity contribution < 1.29 is 13.9 Å². The molecular weight excluding hydrogens is 188 g/mol. The van der Waals surface area contributed by atoms with Gasteiger partial charge in [-0.2, -0.15) is 0 Å². The van der Waals surface area contributed by atoms with Crippen LogP contribution >= 0.6 is 0 Å². The van der Waals surface area contributed by atoms with Gasteiger partial charge in [-0.15, -0.1) is 0 Å². The Bertz CT molecular complexity index is 337. The van der Waals surface area contributed by atoms with Crippen LogP contribution in [0.15, 0.2) is 18.2 Å². The van der Waals surface area contributed by atoms with Crippen LogP contribution < -0.4 is 5.73 Å². The summed E-state index contributed by atoms with van der Waals surface area (Å²) in [6.07, 6.45) is -2.66. The topological polar surface area (TPSA) is 46.2 Å². The zero-order chi connectivity index (χ0) is 10.9. The van der Waals surface area contributed by atoms with Crippen molar-refractivity contribution in [2.75, 3.05) is 0 Å². The summed E-state index contributed by atoms with van der Waals surface area (Å²) in [6.45, 7) is 2.93. The van der Waals surface area contributed by atoms with Crippen LogP contribution in [0.5, 0.6) is 5.75 Å². The molecule has 0 aliphatic carbocycles. The van der Waals surface area contributed by atoms with Crippen molar-refractivity contribution in [3.8, 4) is 5.75 Å². The van der Waals surface area contributed by atoms with Gasteiger partial charge in [0.15, 0.2) is 0 Å². The average Bonchev–Trinajstić information content (AvgIpc) is 2.09. The van der Waals surface area contributed by atoms with E-state index in [1.54, 1.807) is 13.0 Å². The van der Waals surface area contributed by atoms with Crippen molar-refractivity contribution >= 4 is 0 Å². The summed E-state index contributed by atoms with van der Waals surface area (Å²) in [4.78, 5) is 0. The Morgan fingerprint density at radius 2 is 2.00 bits per heavy atom. The molecule has 4 heteroatoms. The number of nitrogens with two attached hydrogens (primary N) is 1. The summed E-state index contributed by atoms with van der Waals surface area (Å²) in [5, 5.41) is 9.34. The predicted molar refractivity (Wildman–Crippen MR) is 50.4 cm³/mol. The summed E-state index contributed by atoms with van der Waals surface area (Å²) in [7, 11) is 0. The molecule has 0 saturated carbocycles. The van der Waals surface area contributed by atoms with Crippen LogP contribution in [0.25, 0.3) is 0 Å². The molecule has 1 aromatic rings. The molecule has 1 unspecified atom stereocenters. The van der Waals surface area contributed by atoms with Gasteiger partial charge in [-0.05, 0) is 31.0 Å². The molecule has 3 N–H and O–H groups in total. The van der Waals surface area contributed by atoms with E-state index in [-0.39, 0.29) is 11.3 Å². The number of hydrogen-bond donors (Lipinski definition) is 2. The highest BCUT2D eigenvalue weighted by Crippen LogP contribution is 2.28. The van der Waals surface area contributed by atoms with Crippen LogP contribution in [0.4, 0.5) is 8.78 Å². The SMILES string of the molecule is Cc1ccc(C(C)(N)C(F)F)cc1O. The third kappa shape index (κ3) is 1.85. The quantitative estimate of drug-likeness (QED) is 0.770. The molecule has 0 aromatic heterocycles. The van der Waals surface area contributed by atoms with Crippen molar-refractivity contribution in [2.24, 2.45) is 5.73 Å². The third-order valence-corrected chi connectivity index (χ3v) is 2.28. The lowest BCUT2D eigenvalue weighted by Crippen LogP contribution is -2.40. The fourth-order valence-electron chi connectivity index (χ4n) is 1.07. The number of benzene rings is 1. The van der Waals surface area contributed by atoms with Gasteiger partial charge in [-0.25, -0.2) is 8.78 Å². The smallest absolute Gasteiger partial charge is 0.260 e. The van der Waals surface area contributed by atoms with Crippen molar-refractivity contribution in [1.82, 2.24) is 0 Å². The zero-order valence-electron chi connectivity index (χ0n) is 8.09. The van der Waals surface area contributed by atoms with Gasteiger partial charge >= 0.3 is 0 Å². The predicted octanol–water partition coefficient (Wildman–Crippen LogP) is 2.14. The molecular formula is C10H13F2NO. The normalized spacial score (nSPS) is 15.6. The Hall–Kier alpha value is -1.16. The summed E-state index contributed by atoms with van der Waals surface area (Å²) in [5.74, 6) is -0.0141. The second kappa shape index (κ2) is 3.53. The van der Waals surface area contributed by atoms with E-state index in [0.717, 1.165) is 0 Å². The highest BCUT2D eigenvalue weighted by molar-refractivity contribution is 5.38. The zero-order valence-corrected chi connectivity index (χ0v) is 8.09. The Kier molecular flexibility index (Phi) is 2.76. The first-order valence-electron chi connectivity index (χ1n) is 4.23. The highest BCUT2D eigenvalue weighted by atomic mass is 19.3. The van der Waals surface area contributed by atoms with E-state index < -0.39 is 12.0 Å². The van der Waals surface area contributed by atoms with E-state index in [1.165, 1.54) is 19.1 Å². The van der Waals surface area contributed by atoms with E-state index in [0.29, 0.717) is 5.56 Å². The number of alkyl halides is 2. The van der Waals surface area contributed by atoms with E-state index in [2.05, 4.69) is 0 Å². The molecule has 0 aliphatic heterocycles. The van der Waals surface area contributed by atoms with Crippen LogP contribution in [-0.4, -0.2) is 11.5 Å². The molecule has 2 nitrogen and oxygen atoms in total. The van der Waals surface area contributed by atoms with Crippen LogP contribution in [0, 0.1) is 6.92 Å². The molecule has 0 bridgehead atoms. The standard InChI is InChI=1S/C10H13F2NO/c1-6-3-4-7(5-8(6)14)10(2,13)9(11)12/h3-5,9,14H,13H2,1-2H3. The monoisotopic (exact) mass is 201 g/mol. The molecule has 1 rings (SSSR count). The number of halogens is 2. The second-order valence-electron chi connectivity index (χ2n) is 3.58. The second-order valence-corrected chi connectivity index (χ2v) is 3.58. The molecule has 0 amide bonds. The van der Waals surface area contributed by atoms with Crippen molar-refractivity contribution in [2.45, 2.75) is 25.8 Å². The minimum atomic E-state index is -2.66. The molecule has 1 atom stereocenters. The molecule has 0 aliphatic rings. The number of rotatable bonds is 2. The maximum atomic E-state index is 12.5. The Labute approximate surface area is 81.4 Å². The molecule has 0 spiro atoms. The average molecular weight is 201 g/mol. The molecule has 1 aromatic carbocycles. The van der Waals surface area contributed by atoms with Gasteiger partial charge in [-0.1, -0.05) is 12.1 Å². The molecule has 78 valence electrons. The van der Waals surface area contributed by atoms with Gasteiger partial charge in [0.1, 0.15) is 5.75 Å². The van der Waals surface area contributed by atoms with E-state index in [4.69, 9.17) is 5.73 Å². The minimum absolute atomic E-state index is 0.0141. The fraction of sp³-hybridized carbons (Fsp3) is 0.400. The van der Waals surface area contributed by atoms with Crippen molar-refractivity contribution in [3.63, 3.8) is 0 Å². The van der Waals surface area contributed by atoms with Crippen molar-refractivity contribution in [1.29, 1.82) is 0 Å². The maximum Gasteiger partial charge on any atom is 0.260 e.